The Kier molecular flexibility index (Phi) is 5.21. The van der Waals surface area contributed by atoms with E-state index >= 15 is 0 Å². The number of rotatable bonds is 4. The van der Waals surface area contributed by atoms with E-state index in [1.165, 1.54) is 5.56 Å². The number of carbonyl (C=O) groups excluding carboxylic acids is 1. The van der Waals surface area contributed by atoms with Crippen LogP contribution in [0.2, 0.25) is 0 Å². The summed E-state index contributed by atoms with van der Waals surface area (Å²) in [4.78, 5) is 14.0. The van der Waals surface area contributed by atoms with Crippen LogP contribution >= 0.6 is 0 Å². The van der Waals surface area contributed by atoms with Crippen molar-refractivity contribution in [1.82, 2.24) is 10.2 Å². The van der Waals surface area contributed by atoms with Crippen molar-refractivity contribution in [2.45, 2.75) is 25.7 Å². The molecule has 0 spiro atoms. The van der Waals surface area contributed by atoms with Crippen molar-refractivity contribution >= 4 is 5.91 Å². The van der Waals surface area contributed by atoms with E-state index in [1.807, 2.05) is 11.0 Å². The van der Waals surface area contributed by atoms with Gasteiger partial charge in [-0.15, -0.1) is 0 Å². The van der Waals surface area contributed by atoms with E-state index in [0.717, 1.165) is 45.4 Å². The summed E-state index contributed by atoms with van der Waals surface area (Å²) in [6, 6.07) is 10.4. The number of hydrogen-bond acceptors (Lipinski definition) is 2. The molecular weight excluding hydrogens is 224 g/mol. The lowest BCUT2D eigenvalue weighted by Gasteiger charge is -2.19. The number of benzene rings is 1. The zero-order chi connectivity index (χ0) is 12.6. The molecule has 0 unspecified atom stereocenters. The Hall–Kier alpha value is -1.35. The lowest BCUT2D eigenvalue weighted by Crippen LogP contribution is -2.34. The summed E-state index contributed by atoms with van der Waals surface area (Å²) in [6.07, 6.45) is 3.70. The second kappa shape index (κ2) is 7.17. The van der Waals surface area contributed by atoms with Crippen LogP contribution in [0.4, 0.5) is 0 Å². The molecule has 2 rings (SSSR count). The second-order valence-corrected chi connectivity index (χ2v) is 4.82. The predicted octanol–water partition coefficient (Wildman–Crippen LogP) is 1.83. The lowest BCUT2D eigenvalue weighted by molar-refractivity contribution is -0.131. The number of hydrogen-bond donors (Lipinski definition) is 1. The average Bonchev–Trinajstić information content (AvgIpc) is 2.69. The van der Waals surface area contributed by atoms with E-state index in [-0.39, 0.29) is 0 Å². The van der Waals surface area contributed by atoms with Crippen molar-refractivity contribution in [3.63, 3.8) is 0 Å². The third-order valence-corrected chi connectivity index (χ3v) is 3.39. The zero-order valence-corrected chi connectivity index (χ0v) is 10.9. The molecule has 1 saturated heterocycles. The molecule has 18 heavy (non-hydrogen) atoms. The molecule has 1 aliphatic heterocycles. The molecule has 3 nitrogen and oxygen atoms in total. The normalized spacial score (nSPS) is 16.3. The Morgan fingerprint density at radius 2 is 2.00 bits per heavy atom. The number of nitrogens with one attached hydrogen (secondary N) is 1. The van der Waals surface area contributed by atoms with Gasteiger partial charge < -0.3 is 10.2 Å². The summed E-state index contributed by atoms with van der Waals surface area (Å²) in [6.45, 7) is 3.75. The molecule has 0 saturated carbocycles. The third kappa shape index (κ3) is 4.15. The molecule has 3 heteroatoms. The van der Waals surface area contributed by atoms with Crippen molar-refractivity contribution in [1.29, 1.82) is 0 Å². The topological polar surface area (TPSA) is 32.3 Å². The summed E-state index contributed by atoms with van der Waals surface area (Å²) < 4.78 is 0. The van der Waals surface area contributed by atoms with Gasteiger partial charge in [-0.2, -0.15) is 0 Å². The maximum Gasteiger partial charge on any atom is 0.222 e. The first kappa shape index (κ1) is 13.1. The Bertz CT molecular complexity index is 356. The summed E-state index contributed by atoms with van der Waals surface area (Å²) in [7, 11) is 0. The molecule has 1 aromatic carbocycles. The molecule has 1 fully saturated rings. The van der Waals surface area contributed by atoms with Crippen LogP contribution in [0.3, 0.4) is 0 Å². The fourth-order valence-corrected chi connectivity index (χ4v) is 2.34. The van der Waals surface area contributed by atoms with Gasteiger partial charge in [-0.25, -0.2) is 0 Å². The first-order chi connectivity index (χ1) is 8.86. The summed E-state index contributed by atoms with van der Waals surface area (Å²) >= 11 is 0. The Morgan fingerprint density at radius 3 is 2.83 bits per heavy atom. The predicted molar refractivity (Wildman–Crippen MR) is 73.4 cm³/mol. The van der Waals surface area contributed by atoms with Crippen LogP contribution in [0, 0.1) is 0 Å². The highest BCUT2D eigenvalue weighted by Crippen LogP contribution is 2.07. The van der Waals surface area contributed by atoms with Gasteiger partial charge in [-0.05, 0) is 31.4 Å². The summed E-state index contributed by atoms with van der Waals surface area (Å²) in [5.41, 5.74) is 1.32. The molecule has 1 N–H and O–H groups in total. The Labute approximate surface area is 109 Å². The standard InChI is InChI=1S/C15H22N2O/c18-15(17-12-5-10-16-11-13-17)9-4-8-14-6-2-1-3-7-14/h1-3,6-7,16H,4-5,8-13H2. The third-order valence-electron chi connectivity index (χ3n) is 3.39. The number of amides is 1. The molecule has 0 radical (unpaired) electrons. The zero-order valence-electron chi connectivity index (χ0n) is 10.9. The van der Waals surface area contributed by atoms with Crippen molar-refractivity contribution in [3.05, 3.63) is 35.9 Å². The van der Waals surface area contributed by atoms with Crippen LogP contribution in [-0.4, -0.2) is 37.0 Å². The molecule has 1 aromatic rings. The van der Waals surface area contributed by atoms with Crippen molar-refractivity contribution in [2.24, 2.45) is 0 Å². The van der Waals surface area contributed by atoms with Gasteiger partial charge in [0.1, 0.15) is 0 Å². The largest absolute Gasteiger partial charge is 0.341 e. The van der Waals surface area contributed by atoms with E-state index in [1.54, 1.807) is 0 Å². The molecular formula is C15H22N2O. The molecule has 0 bridgehead atoms. The first-order valence-corrected chi connectivity index (χ1v) is 6.89. The first-order valence-electron chi connectivity index (χ1n) is 6.89. The molecule has 0 aromatic heterocycles. The van der Waals surface area contributed by atoms with Gasteiger partial charge in [0.15, 0.2) is 0 Å². The van der Waals surface area contributed by atoms with Crippen LogP contribution in [0.1, 0.15) is 24.8 Å². The SMILES string of the molecule is O=C(CCCc1ccccc1)N1CCCNCC1. The smallest absolute Gasteiger partial charge is 0.222 e. The van der Waals surface area contributed by atoms with Gasteiger partial charge in [0.25, 0.3) is 0 Å². The van der Waals surface area contributed by atoms with Crippen LogP contribution in [0.15, 0.2) is 30.3 Å². The quantitative estimate of drug-likeness (QED) is 0.879. The average molecular weight is 246 g/mol. The van der Waals surface area contributed by atoms with E-state index in [4.69, 9.17) is 0 Å². The van der Waals surface area contributed by atoms with Gasteiger partial charge in [0.2, 0.25) is 5.91 Å². The highest BCUT2D eigenvalue weighted by atomic mass is 16.2. The van der Waals surface area contributed by atoms with E-state index in [9.17, 15) is 4.79 Å². The van der Waals surface area contributed by atoms with Gasteiger partial charge in [-0.3, -0.25) is 4.79 Å². The van der Waals surface area contributed by atoms with Crippen molar-refractivity contribution in [3.8, 4) is 0 Å². The van der Waals surface area contributed by atoms with Crippen molar-refractivity contribution < 1.29 is 4.79 Å². The molecule has 0 atom stereocenters. The van der Waals surface area contributed by atoms with Crippen LogP contribution in [0.25, 0.3) is 0 Å². The van der Waals surface area contributed by atoms with Gasteiger partial charge in [-0.1, -0.05) is 30.3 Å². The minimum atomic E-state index is 0.314. The number of nitrogens with zero attached hydrogens (tertiary/aromatic N) is 1. The van der Waals surface area contributed by atoms with Crippen LogP contribution < -0.4 is 5.32 Å². The van der Waals surface area contributed by atoms with E-state index < -0.39 is 0 Å². The highest BCUT2D eigenvalue weighted by Gasteiger charge is 2.14. The van der Waals surface area contributed by atoms with Gasteiger partial charge in [0, 0.05) is 26.1 Å². The van der Waals surface area contributed by atoms with Crippen LogP contribution in [0.5, 0.6) is 0 Å². The van der Waals surface area contributed by atoms with Gasteiger partial charge in [0.05, 0.1) is 0 Å². The second-order valence-electron chi connectivity index (χ2n) is 4.82. The minimum absolute atomic E-state index is 0.314. The Morgan fingerprint density at radius 1 is 1.17 bits per heavy atom. The number of carbonyl (C=O) groups is 1. The monoisotopic (exact) mass is 246 g/mol. The number of aryl methyl sites for hydroxylation is 1. The molecule has 1 heterocycles. The summed E-state index contributed by atoms with van der Waals surface area (Å²) in [5, 5.41) is 3.32. The Balaban J connectivity index is 1.71. The highest BCUT2D eigenvalue weighted by molar-refractivity contribution is 5.76. The van der Waals surface area contributed by atoms with E-state index in [2.05, 4.69) is 29.6 Å². The van der Waals surface area contributed by atoms with Gasteiger partial charge >= 0.3 is 0 Å². The molecule has 98 valence electrons. The summed E-state index contributed by atoms with van der Waals surface area (Å²) in [5.74, 6) is 0.314. The minimum Gasteiger partial charge on any atom is -0.341 e. The fourth-order valence-electron chi connectivity index (χ4n) is 2.34. The fraction of sp³-hybridized carbons (Fsp3) is 0.533. The lowest BCUT2D eigenvalue weighted by atomic mass is 10.1. The maximum atomic E-state index is 12.0. The maximum absolute atomic E-state index is 12.0. The molecule has 1 amide bonds. The van der Waals surface area contributed by atoms with E-state index in [0.29, 0.717) is 12.3 Å². The van der Waals surface area contributed by atoms with Crippen molar-refractivity contribution in [2.75, 3.05) is 26.2 Å². The molecule has 0 aliphatic carbocycles. The van der Waals surface area contributed by atoms with Crippen LogP contribution in [-0.2, 0) is 11.2 Å². The molecule has 1 aliphatic rings.